The summed E-state index contributed by atoms with van der Waals surface area (Å²) in [4.78, 5) is 4.23. The molecule has 1 aliphatic rings. The van der Waals surface area contributed by atoms with Gasteiger partial charge in [0.2, 0.25) is 0 Å². The molecule has 0 saturated heterocycles. The van der Waals surface area contributed by atoms with E-state index in [2.05, 4.69) is 10.3 Å². The van der Waals surface area contributed by atoms with Crippen LogP contribution in [0, 0.1) is 0 Å². The van der Waals surface area contributed by atoms with E-state index in [4.69, 9.17) is 0 Å². The predicted octanol–water partition coefficient (Wildman–Crippen LogP) is 0.203. The number of amidine groups is 1. The maximum Gasteiger partial charge on any atom is 0.147 e. The molecule has 1 heterocycles. The van der Waals surface area contributed by atoms with Crippen molar-refractivity contribution in [2.75, 3.05) is 25.1 Å². The van der Waals surface area contributed by atoms with Crippen LogP contribution in [0.5, 0.6) is 0 Å². The largest absolute Gasteiger partial charge is 0.374 e. The van der Waals surface area contributed by atoms with Crippen LogP contribution in [0.2, 0.25) is 0 Å². The number of hydrogen-bond donors (Lipinski definition) is 1. The molecule has 1 rings (SSSR count). The molecule has 0 aromatic carbocycles. The minimum atomic E-state index is -2.80. The number of hydrogen-bond acceptors (Lipinski definition) is 4. The van der Waals surface area contributed by atoms with E-state index in [0.717, 1.165) is 25.2 Å². The minimum absolute atomic E-state index is 0.257. The van der Waals surface area contributed by atoms with Gasteiger partial charge in [0.25, 0.3) is 0 Å². The van der Waals surface area contributed by atoms with Crippen molar-refractivity contribution >= 4 is 15.7 Å². The van der Waals surface area contributed by atoms with Crippen molar-refractivity contribution in [1.29, 1.82) is 0 Å². The van der Waals surface area contributed by atoms with Crippen molar-refractivity contribution in [2.45, 2.75) is 19.3 Å². The van der Waals surface area contributed by atoms with Crippen LogP contribution in [0.3, 0.4) is 0 Å². The van der Waals surface area contributed by atoms with Crippen LogP contribution in [0.15, 0.2) is 4.99 Å². The van der Waals surface area contributed by atoms with Gasteiger partial charge in [-0.05, 0) is 12.8 Å². The molecule has 1 N–H and O–H groups in total. The Morgan fingerprint density at radius 1 is 1.54 bits per heavy atom. The molecule has 76 valence electrons. The van der Waals surface area contributed by atoms with Gasteiger partial charge in [0, 0.05) is 25.8 Å². The summed E-state index contributed by atoms with van der Waals surface area (Å²) in [5.41, 5.74) is 0. The Labute approximate surface area is 79.4 Å². The smallest absolute Gasteiger partial charge is 0.147 e. The summed E-state index contributed by atoms with van der Waals surface area (Å²) < 4.78 is 21.5. The average molecular weight is 204 g/mol. The first-order valence-corrected chi connectivity index (χ1v) is 6.59. The van der Waals surface area contributed by atoms with Gasteiger partial charge in [-0.15, -0.1) is 0 Å². The van der Waals surface area contributed by atoms with Gasteiger partial charge in [-0.25, -0.2) is 8.42 Å². The number of aliphatic imine (C=N–C) groups is 1. The number of nitrogens with zero attached hydrogens (tertiary/aromatic N) is 1. The zero-order valence-electron chi connectivity index (χ0n) is 7.91. The van der Waals surface area contributed by atoms with Gasteiger partial charge in [0.15, 0.2) is 0 Å². The highest BCUT2D eigenvalue weighted by Gasteiger charge is 2.05. The summed E-state index contributed by atoms with van der Waals surface area (Å²) >= 11 is 0. The Balaban J connectivity index is 2.07. The van der Waals surface area contributed by atoms with Crippen molar-refractivity contribution in [1.82, 2.24) is 5.32 Å². The molecular weight excluding hydrogens is 188 g/mol. The lowest BCUT2D eigenvalue weighted by Gasteiger charge is -2.03. The fourth-order valence-corrected chi connectivity index (χ4v) is 1.92. The summed E-state index contributed by atoms with van der Waals surface area (Å²) in [5.74, 6) is 1.29. The quantitative estimate of drug-likeness (QED) is 0.666. The van der Waals surface area contributed by atoms with E-state index in [-0.39, 0.29) is 5.75 Å². The monoisotopic (exact) mass is 204 g/mol. The predicted molar refractivity (Wildman–Crippen MR) is 53.9 cm³/mol. The molecule has 0 radical (unpaired) electrons. The second-order valence-corrected chi connectivity index (χ2v) is 5.60. The fourth-order valence-electron chi connectivity index (χ4n) is 1.25. The van der Waals surface area contributed by atoms with Gasteiger partial charge in [0.1, 0.15) is 9.84 Å². The van der Waals surface area contributed by atoms with Crippen LogP contribution in [-0.2, 0) is 9.84 Å². The molecule has 4 nitrogen and oxygen atoms in total. The van der Waals surface area contributed by atoms with Crippen molar-refractivity contribution in [3.63, 3.8) is 0 Å². The Kier molecular flexibility index (Phi) is 3.71. The van der Waals surface area contributed by atoms with Crippen LogP contribution < -0.4 is 5.32 Å². The van der Waals surface area contributed by atoms with E-state index in [1.165, 1.54) is 6.26 Å². The molecule has 0 aliphatic carbocycles. The second kappa shape index (κ2) is 4.60. The SMILES string of the molecule is CS(=O)(=O)CCCNC1=NCCC1. The van der Waals surface area contributed by atoms with Crippen LogP contribution in [0.4, 0.5) is 0 Å². The van der Waals surface area contributed by atoms with Crippen LogP contribution in [0.25, 0.3) is 0 Å². The van der Waals surface area contributed by atoms with Crippen molar-refractivity contribution in [3.8, 4) is 0 Å². The average Bonchev–Trinajstić information content (AvgIpc) is 2.48. The molecule has 0 atom stereocenters. The topological polar surface area (TPSA) is 58.5 Å². The minimum Gasteiger partial charge on any atom is -0.374 e. The fraction of sp³-hybridized carbons (Fsp3) is 0.875. The summed E-state index contributed by atoms with van der Waals surface area (Å²) in [6, 6.07) is 0. The lowest BCUT2D eigenvalue weighted by Crippen LogP contribution is -2.24. The first-order valence-electron chi connectivity index (χ1n) is 4.53. The summed E-state index contributed by atoms with van der Waals surface area (Å²) in [6.45, 7) is 1.63. The first kappa shape index (κ1) is 10.5. The molecule has 0 spiro atoms. The van der Waals surface area contributed by atoms with Gasteiger partial charge in [-0.2, -0.15) is 0 Å². The number of sulfone groups is 1. The standard InChI is InChI=1S/C8H16N2O2S/c1-13(11,12)7-3-6-10-8-4-2-5-9-8/h2-7H2,1H3,(H,9,10). The van der Waals surface area contributed by atoms with E-state index in [1.807, 2.05) is 0 Å². The van der Waals surface area contributed by atoms with E-state index in [1.54, 1.807) is 0 Å². The van der Waals surface area contributed by atoms with Gasteiger partial charge in [-0.1, -0.05) is 0 Å². The molecule has 0 unspecified atom stereocenters. The van der Waals surface area contributed by atoms with E-state index >= 15 is 0 Å². The molecule has 0 aromatic rings. The molecule has 0 saturated carbocycles. The van der Waals surface area contributed by atoms with Gasteiger partial charge >= 0.3 is 0 Å². The van der Waals surface area contributed by atoms with Gasteiger partial charge in [-0.3, -0.25) is 4.99 Å². The van der Waals surface area contributed by atoms with E-state index < -0.39 is 9.84 Å². The molecular formula is C8H16N2O2S. The molecule has 0 fully saturated rings. The van der Waals surface area contributed by atoms with E-state index in [0.29, 0.717) is 13.0 Å². The highest BCUT2D eigenvalue weighted by atomic mass is 32.2. The highest BCUT2D eigenvalue weighted by Crippen LogP contribution is 2.00. The molecule has 0 amide bonds. The highest BCUT2D eigenvalue weighted by molar-refractivity contribution is 7.90. The molecule has 0 bridgehead atoms. The van der Waals surface area contributed by atoms with Crippen LogP contribution >= 0.6 is 0 Å². The molecule has 0 aromatic heterocycles. The van der Waals surface area contributed by atoms with Crippen molar-refractivity contribution in [3.05, 3.63) is 0 Å². The molecule has 13 heavy (non-hydrogen) atoms. The third-order valence-electron chi connectivity index (χ3n) is 1.90. The van der Waals surface area contributed by atoms with Crippen molar-refractivity contribution in [2.24, 2.45) is 4.99 Å². The maximum absolute atomic E-state index is 10.8. The van der Waals surface area contributed by atoms with Gasteiger partial charge in [0.05, 0.1) is 11.6 Å². The first-order chi connectivity index (χ1) is 6.08. The maximum atomic E-state index is 10.8. The second-order valence-electron chi connectivity index (χ2n) is 3.34. The summed E-state index contributed by atoms with van der Waals surface area (Å²) in [6.07, 6.45) is 4.06. The Morgan fingerprint density at radius 2 is 2.31 bits per heavy atom. The summed E-state index contributed by atoms with van der Waals surface area (Å²) in [7, 11) is -2.80. The molecule has 5 heteroatoms. The third kappa shape index (κ3) is 4.87. The lowest BCUT2D eigenvalue weighted by atomic mass is 10.3. The van der Waals surface area contributed by atoms with Crippen LogP contribution in [0.1, 0.15) is 19.3 Å². The number of rotatable bonds is 4. The van der Waals surface area contributed by atoms with Crippen LogP contribution in [-0.4, -0.2) is 39.4 Å². The summed E-state index contributed by atoms with van der Waals surface area (Å²) in [5, 5.41) is 3.14. The Morgan fingerprint density at radius 3 is 2.85 bits per heavy atom. The normalized spacial score (nSPS) is 17.2. The third-order valence-corrected chi connectivity index (χ3v) is 2.93. The Hall–Kier alpha value is -0.580. The van der Waals surface area contributed by atoms with E-state index in [9.17, 15) is 8.42 Å². The number of nitrogens with one attached hydrogen (secondary N) is 1. The molecule has 1 aliphatic heterocycles. The zero-order valence-corrected chi connectivity index (χ0v) is 8.73. The van der Waals surface area contributed by atoms with Gasteiger partial charge < -0.3 is 5.32 Å². The van der Waals surface area contributed by atoms with Crippen molar-refractivity contribution < 1.29 is 8.42 Å². The lowest BCUT2D eigenvalue weighted by molar-refractivity contribution is 0.598. The zero-order chi connectivity index (χ0) is 9.73. The Bertz CT molecular complexity index is 283.